The van der Waals surface area contributed by atoms with Gasteiger partial charge in [0, 0.05) is 33.2 Å². The van der Waals surface area contributed by atoms with Gasteiger partial charge in [-0.2, -0.15) is 0 Å². The van der Waals surface area contributed by atoms with E-state index in [0.29, 0.717) is 5.56 Å². The SMILES string of the molecule is Cc1c(N)nc(C2=C(C(=O)O)N3C(=O)C(C=S)(NC(=O)/C(=N\OC(C(=O)O)c4ccc(O)c(O)c4)c4csc(N)n4)[C@@H]3SC2)nc1N. The van der Waals surface area contributed by atoms with Crippen molar-refractivity contribution in [3.8, 4) is 11.5 Å². The molecule has 3 aromatic rings. The van der Waals surface area contributed by atoms with Gasteiger partial charge in [-0.25, -0.2) is 24.5 Å². The number of aliphatic carboxylic acids is 2. The summed E-state index contributed by atoms with van der Waals surface area (Å²) in [7, 11) is 0. The fraction of sp³-hybridized carbons (Fsp3) is 0.192. The number of anilines is 3. The van der Waals surface area contributed by atoms with E-state index in [1.165, 1.54) is 5.38 Å². The van der Waals surface area contributed by atoms with Gasteiger partial charge in [-0.3, -0.25) is 14.5 Å². The number of phenolic OH excluding ortho intramolecular Hbond substituents is 2. The van der Waals surface area contributed by atoms with Gasteiger partial charge in [0.2, 0.25) is 6.10 Å². The Hall–Kier alpha value is -5.54. The Morgan fingerprint density at radius 2 is 1.85 bits per heavy atom. The van der Waals surface area contributed by atoms with E-state index in [4.69, 9.17) is 34.3 Å². The zero-order valence-corrected chi connectivity index (χ0v) is 26.2. The predicted octanol–water partition coefficient (Wildman–Crippen LogP) is 0.212. The summed E-state index contributed by atoms with van der Waals surface area (Å²) >= 11 is 7.13. The molecular formula is C26H23N9O9S3. The molecule has 0 aliphatic carbocycles. The Kier molecular flexibility index (Phi) is 8.62. The minimum absolute atomic E-state index is 0.0142. The molecule has 0 saturated carbocycles. The van der Waals surface area contributed by atoms with E-state index in [0.717, 1.165) is 51.6 Å². The summed E-state index contributed by atoms with van der Waals surface area (Å²) in [5.41, 5.74) is 14.7. The van der Waals surface area contributed by atoms with Crippen LogP contribution in [0.5, 0.6) is 11.5 Å². The molecule has 5 rings (SSSR count). The highest BCUT2D eigenvalue weighted by molar-refractivity contribution is 8.00. The molecule has 11 N–H and O–H groups in total. The number of aromatic nitrogens is 3. The van der Waals surface area contributed by atoms with Crippen LogP contribution in [0, 0.1) is 6.92 Å². The molecule has 3 atom stereocenters. The van der Waals surface area contributed by atoms with Crippen molar-refractivity contribution in [2.75, 3.05) is 23.0 Å². The molecule has 4 heterocycles. The van der Waals surface area contributed by atoms with Crippen LogP contribution in [0.25, 0.3) is 5.57 Å². The van der Waals surface area contributed by atoms with Crippen molar-refractivity contribution in [2.45, 2.75) is 23.9 Å². The third-order valence-corrected chi connectivity index (χ3v) is 9.46. The van der Waals surface area contributed by atoms with Crippen LogP contribution in [-0.4, -0.2) is 91.8 Å². The fourth-order valence-electron chi connectivity index (χ4n) is 4.60. The summed E-state index contributed by atoms with van der Waals surface area (Å²) < 4.78 is 0. The van der Waals surface area contributed by atoms with Crippen molar-refractivity contribution in [2.24, 2.45) is 5.16 Å². The molecule has 1 aromatic carbocycles. The van der Waals surface area contributed by atoms with Crippen LogP contribution in [0.15, 0.2) is 34.4 Å². The maximum atomic E-state index is 13.7. The lowest BCUT2D eigenvalue weighted by Gasteiger charge is -2.55. The molecule has 47 heavy (non-hydrogen) atoms. The summed E-state index contributed by atoms with van der Waals surface area (Å²) in [6, 6.07) is 3.11. The number of amides is 2. The number of hydrogen-bond donors (Lipinski definition) is 8. The molecular weight excluding hydrogens is 679 g/mol. The van der Waals surface area contributed by atoms with Crippen molar-refractivity contribution in [1.29, 1.82) is 0 Å². The molecule has 18 nitrogen and oxygen atoms in total. The summed E-state index contributed by atoms with van der Waals surface area (Å²) in [5, 5.41) is 46.7. The monoisotopic (exact) mass is 701 g/mol. The van der Waals surface area contributed by atoms with Crippen LogP contribution in [0.3, 0.4) is 0 Å². The van der Waals surface area contributed by atoms with Crippen molar-refractivity contribution >= 4 is 92.5 Å². The lowest BCUT2D eigenvalue weighted by atomic mass is 9.87. The molecule has 2 amide bonds. The van der Waals surface area contributed by atoms with E-state index in [1.54, 1.807) is 6.92 Å². The number of thiocarbonyl (C=S) groups is 1. The summed E-state index contributed by atoms with van der Waals surface area (Å²) in [4.78, 5) is 70.3. The zero-order valence-electron chi connectivity index (χ0n) is 23.8. The minimum Gasteiger partial charge on any atom is -0.504 e. The number of carbonyl (C=O) groups excluding carboxylic acids is 2. The number of rotatable bonds is 10. The van der Waals surface area contributed by atoms with Crippen LogP contribution in [0.2, 0.25) is 0 Å². The molecule has 1 saturated heterocycles. The summed E-state index contributed by atoms with van der Waals surface area (Å²) in [6.07, 6.45) is -1.87. The Bertz CT molecular complexity index is 1910. The number of fused-ring (bicyclic) bond motifs is 1. The normalized spacial score (nSPS) is 19.8. The first-order chi connectivity index (χ1) is 22.2. The molecule has 0 spiro atoms. The van der Waals surface area contributed by atoms with E-state index in [-0.39, 0.29) is 45.2 Å². The van der Waals surface area contributed by atoms with Gasteiger partial charge in [0.25, 0.3) is 11.8 Å². The molecule has 2 aliphatic heterocycles. The average molecular weight is 702 g/mol. The van der Waals surface area contributed by atoms with Crippen LogP contribution in [0.4, 0.5) is 16.8 Å². The van der Waals surface area contributed by atoms with Gasteiger partial charge in [0.05, 0.1) is 0 Å². The largest absolute Gasteiger partial charge is 0.504 e. The number of β-lactam (4-membered cyclic amide) rings is 1. The van der Waals surface area contributed by atoms with Gasteiger partial charge in [-0.05, 0) is 19.1 Å². The summed E-state index contributed by atoms with van der Waals surface area (Å²) in [5.74, 6) is -6.31. The molecule has 2 unspecified atom stereocenters. The second-order valence-electron chi connectivity index (χ2n) is 9.94. The van der Waals surface area contributed by atoms with Gasteiger partial charge < -0.3 is 47.8 Å². The van der Waals surface area contributed by atoms with Crippen molar-refractivity contribution in [1.82, 2.24) is 25.2 Å². The highest BCUT2D eigenvalue weighted by atomic mass is 32.2. The van der Waals surface area contributed by atoms with Crippen LogP contribution in [-0.2, 0) is 24.0 Å². The Balaban J connectivity index is 1.49. The zero-order chi connectivity index (χ0) is 34.4. The smallest absolute Gasteiger partial charge is 0.353 e. The number of nitrogens with two attached hydrogens (primary N) is 3. The number of carbonyl (C=O) groups is 4. The number of oxime groups is 1. The van der Waals surface area contributed by atoms with E-state index in [1.807, 2.05) is 0 Å². The average Bonchev–Trinajstić information content (AvgIpc) is 3.46. The molecule has 2 aliphatic rings. The minimum atomic E-state index is -1.94. The molecule has 244 valence electrons. The van der Waals surface area contributed by atoms with Gasteiger partial charge in [-0.1, -0.05) is 23.4 Å². The highest BCUT2D eigenvalue weighted by Crippen LogP contribution is 2.47. The topological polar surface area (TPSA) is 303 Å². The number of thiazole rings is 1. The number of carboxylic acid groups (broad SMARTS) is 2. The van der Waals surface area contributed by atoms with E-state index >= 15 is 0 Å². The van der Waals surface area contributed by atoms with Crippen molar-refractivity contribution in [3.05, 3.63) is 51.9 Å². The summed E-state index contributed by atoms with van der Waals surface area (Å²) in [6.45, 7) is 1.59. The number of hydrogen-bond acceptors (Lipinski definition) is 17. The third kappa shape index (κ3) is 5.70. The Morgan fingerprint density at radius 3 is 2.40 bits per heavy atom. The van der Waals surface area contributed by atoms with Crippen LogP contribution >= 0.6 is 35.3 Å². The number of nitrogen functional groups attached to an aromatic ring is 3. The van der Waals surface area contributed by atoms with Gasteiger partial charge in [0.15, 0.2) is 33.7 Å². The maximum absolute atomic E-state index is 13.7. The van der Waals surface area contributed by atoms with Crippen molar-refractivity contribution < 1.29 is 44.4 Å². The lowest BCUT2D eigenvalue weighted by molar-refractivity contribution is -0.153. The van der Waals surface area contributed by atoms with E-state index in [9.17, 15) is 39.6 Å². The van der Waals surface area contributed by atoms with Crippen LogP contribution < -0.4 is 22.5 Å². The maximum Gasteiger partial charge on any atom is 0.353 e. The fourth-order valence-corrected chi connectivity index (χ4v) is 6.95. The predicted molar refractivity (Wildman–Crippen MR) is 172 cm³/mol. The molecule has 21 heteroatoms. The third-order valence-electron chi connectivity index (χ3n) is 7.06. The second kappa shape index (κ2) is 12.3. The molecule has 2 aromatic heterocycles. The molecule has 1 fully saturated rings. The first-order valence-corrected chi connectivity index (χ1v) is 15.4. The number of carboxylic acids is 2. The molecule has 0 radical (unpaired) electrons. The second-order valence-corrected chi connectivity index (χ2v) is 12.1. The quantitative estimate of drug-likeness (QED) is 0.0460. The van der Waals surface area contributed by atoms with E-state index in [2.05, 4.69) is 25.4 Å². The first kappa shape index (κ1) is 32.8. The first-order valence-electron chi connectivity index (χ1n) is 13.0. The lowest BCUT2D eigenvalue weighted by Crippen LogP contribution is -2.80. The number of nitrogens with zero attached hydrogens (tertiary/aromatic N) is 5. The Labute approximate surface area is 276 Å². The van der Waals surface area contributed by atoms with Gasteiger partial charge in [0.1, 0.15) is 28.4 Å². The number of benzene rings is 1. The standard InChI is InChI=1S/C26H23N9O9S3/c1-8-17(27)31-19(32-18(8)28)10-5-46-24-26(7-45,23(43)35(24)15(10)21(39)40)33-20(38)14(11-6-47-25(29)30-11)34-44-16(22(41)42)9-2-3-12(36)13(37)4-9/h2-4,6-7,16,24,36-37H,5H2,1H3,(H2,29,30)(H,33,38)(H,39,40)(H,41,42)(H4,27,28,31,32)/b34-14-/t16?,24-,26?/m0/s1. The highest BCUT2D eigenvalue weighted by Gasteiger charge is 2.65. The number of phenols is 2. The van der Waals surface area contributed by atoms with Gasteiger partial charge >= 0.3 is 11.9 Å². The molecule has 0 bridgehead atoms. The van der Waals surface area contributed by atoms with Crippen molar-refractivity contribution in [3.63, 3.8) is 0 Å². The number of thioether (sulfide) groups is 1. The number of aromatic hydroxyl groups is 2. The Morgan fingerprint density at radius 1 is 1.17 bits per heavy atom. The number of nitrogens with one attached hydrogen (secondary N) is 1. The van der Waals surface area contributed by atoms with E-state index < -0.39 is 63.7 Å². The van der Waals surface area contributed by atoms with Crippen LogP contribution in [0.1, 0.15) is 28.7 Å². The van der Waals surface area contributed by atoms with Gasteiger partial charge in [-0.15, -0.1) is 23.1 Å².